The van der Waals surface area contributed by atoms with Crippen LogP contribution >= 0.6 is 0 Å². The number of carbonyl (C=O) groups excluding carboxylic acids is 2. The highest BCUT2D eigenvalue weighted by atomic mass is 16.5. The molecule has 0 aromatic carbocycles. The van der Waals surface area contributed by atoms with E-state index < -0.39 is 0 Å². The summed E-state index contributed by atoms with van der Waals surface area (Å²) in [6, 6.07) is 2.98. The van der Waals surface area contributed by atoms with Gasteiger partial charge in [0.25, 0.3) is 5.91 Å². The van der Waals surface area contributed by atoms with Gasteiger partial charge in [0.05, 0.1) is 12.5 Å². The Balaban J connectivity index is 2.00. The molecule has 114 valence electrons. The lowest BCUT2D eigenvalue weighted by Crippen LogP contribution is -2.41. The number of nitrogens with one attached hydrogen (secondary N) is 1. The van der Waals surface area contributed by atoms with Crippen LogP contribution in [0.5, 0.6) is 0 Å². The SMILES string of the molecule is CCOC(=O)C1CCN(C(=O)c2cc(C)[nH]c(=O)c2)CC1. The number of hydrogen-bond acceptors (Lipinski definition) is 4. The number of aromatic amines is 1. The van der Waals surface area contributed by atoms with Gasteiger partial charge in [-0.1, -0.05) is 0 Å². The van der Waals surface area contributed by atoms with E-state index in [1.807, 2.05) is 0 Å². The summed E-state index contributed by atoms with van der Waals surface area (Å²) in [6.07, 6.45) is 1.21. The quantitative estimate of drug-likeness (QED) is 0.846. The Bertz CT molecular complexity index is 586. The third kappa shape index (κ3) is 3.71. The number of esters is 1. The molecule has 6 nitrogen and oxygen atoms in total. The second-order valence-electron chi connectivity index (χ2n) is 5.23. The summed E-state index contributed by atoms with van der Waals surface area (Å²) < 4.78 is 5.01. The fourth-order valence-electron chi connectivity index (χ4n) is 2.57. The monoisotopic (exact) mass is 292 g/mol. The summed E-state index contributed by atoms with van der Waals surface area (Å²) in [6.45, 7) is 4.92. The van der Waals surface area contributed by atoms with Gasteiger partial charge in [0, 0.05) is 30.4 Å². The molecule has 1 aliphatic heterocycles. The zero-order chi connectivity index (χ0) is 15.4. The number of likely N-dealkylation sites (tertiary alicyclic amines) is 1. The zero-order valence-corrected chi connectivity index (χ0v) is 12.3. The summed E-state index contributed by atoms with van der Waals surface area (Å²) in [7, 11) is 0. The minimum absolute atomic E-state index is 0.130. The van der Waals surface area contributed by atoms with Crippen LogP contribution < -0.4 is 5.56 Å². The Morgan fingerprint density at radius 1 is 1.33 bits per heavy atom. The van der Waals surface area contributed by atoms with Crippen molar-refractivity contribution in [2.45, 2.75) is 26.7 Å². The van der Waals surface area contributed by atoms with Crippen molar-refractivity contribution in [3.63, 3.8) is 0 Å². The van der Waals surface area contributed by atoms with Gasteiger partial charge in [-0.05, 0) is 32.8 Å². The van der Waals surface area contributed by atoms with E-state index >= 15 is 0 Å². The second-order valence-corrected chi connectivity index (χ2v) is 5.23. The Labute approximate surface area is 123 Å². The van der Waals surface area contributed by atoms with Crippen molar-refractivity contribution in [1.82, 2.24) is 9.88 Å². The number of pyridine rings is 1. The number of carbonyl (C=O) groups is 2. The number of nitrogens with zero attached hydrogens (tertiary/aromatic N) is 1. The lowest BCUT2D eigenvalue weighted by atomic mass is 9.96. The van der Waals surface area contributed by atoms with Crippen molar-refractivity contribution in [2.75, 3.05) is 19.7 Å². The van der Waals surface area contributed by atoms with Gasteiger partial charge in [0.15, 0.2) is 0 Å². The number of aryl methyl sites for hydroxylation is 1. The summed E-state index contributed by atoms with van der Waals surface area (Å²) in [5, 5.41) is 0. The summed E-state index contributed by atoms with van der Waals surface area (Å²) >= 11 is 0. The molecular formula is C15H20N2O4. The van der Waals surface area contributed by atoms with Gasteiger partial charge in [-0.3, -0.25) is 14.4 Å². The highest BCUT2D eigenvalue weighted by Crippen LogP contribution is 2.20. The third-order valence-electron chi connectivity index (χ3n) is 3.63. The topological polar surface area (TPSA) is 79.5 Å². The minimum atomic E-state index is -0.278. The van der Waals surface area contributed by atoms with Gasteiger partial charge in [0.2, 0.25) is 5.56 Å². The van der Waals surface area contributed by atoms with Crippen molar-refractivity contribution >= 4 is 11.9 Å². The molecule has 1 aliphatic rings. The molecule has 2 heterocycles. The summed E-state index contributed by atoms with van der Waals surface area (Å²) in [5.74, 6) is -0.474. The summed E-state index contributed by atoms with van der Waals surface area (Å²) in [5.41, 5.74) is 0.776. The number of rotatable bonds is 3. The molecule has 2 rings (SSSR count). The van der Waals surface area contributed by atoms with Crippen LogP contribution in [0, 0.1) is 12.8 Å². The first-order valence-corrected chi connectivity index (χ1v) is 7.18. The first-order chi connectivity index (χ1) is 10.0. The van der Waals surface area contributed by atoms with Crippen molar-refractivity contribution in [3.8, 4) is 0 Å². The Morgan fingerprint density at radius 2 is 2.00 bits per heavy atom. The van der Waals surface area contributed by atoms with Gasteiger partial charge >= 0.3 is 5.97 Å². The minimum Gasteiger partial charge on any atom is -0.466 e. The molecule has 1 fully saturated rings. The molecule has 0 unspecified atom stereocenters. The van der Waals surface area contributed by atoms with Crippen molar-refractivity contribution in [2.24, 2.45) is 5.92 Å². The van der Waals surface area contributed by atoms with E-state index in [2.05, 4.69) is 4.98 Å². The number of ether oxygens (including phenoxy) is 1. The normalized spacial score (nSPS) is 15.8. The van der Waals surface area contributed by atoms with Crippen LogP contribution in [0.3, 0.4) is 0 Å². The molecule has 0 atom stereocenters. The van der Waals surface area contributed by atoms with Crippen LogP contribution in [-0.4, -0.2) is 41.5 Å². The first-order valence-electron chi connectivity index (χ1n) is 7.18. The number of hydrogen-bond donors (Lipinski definition) is 1. The van der Waals surface area contributed by atoms with Crippen LogP contribution in [0.1, 0.15) is 35.8 Å². The smallest absolute Gasteiger partial charge is 0.309 e. The molecule has 1 amide bonds. The fraction of sp³-hybridized carbons (Fsp3) is 0.533. The summed E-state index contributed by atoms with van der Waals surface area (Å²) in [4.78, 5) is 39.8. The Kier molecular flexibility index (Phi) is 4.77. The van der Waals surface area contributed by atoms with Crippen LogP contribution in [0.2, 0.25) is 0 Å². The lowest BCUT2D eigenvalue weighted by Gasteiger charge is -2.30. The first kappa shape index (κ1) is 15.3. The van der Waals surface area contributed by atoms with Gasteiger partial charge < -0.3 is 14.6 Å². The van der Waals surface area contributed by atoms with Gasteiger partial charge in [-0.25, -0.2) is 0 Å². The number of H-pyrrole nitrogens is 1. The van der Waals surface area contributed by atoms with Crippen molar-refractivity contribution in [1.29, 1.82) is 0 Å². The molecule has 0 spiro atoms. The van der Waals surface area contributed by atoms with Gasteiger partial charge in [-0.2, -0.15) is 0 Å². The molecule has 1 N–H and O–H groups in total. The number of piperidine rings is 1. The average molecular weight is 292 g/mol. The van der Waals surface area contributed by atoms with E-state index in [0.717, 1.165) is 0 Å². The van der Waals surface area contributed by atoms with Crippen LogP contribution in [0.25, 0.3) is 0 Å². The fourth-order valence-corrected chi connectivity index (χ4v) is 2.57. The molecule has 6 heteroatoms. The van der Waals surface area contributed by atoms with E-state index in [0.29, 0.717) is 43.8 Å². The van der Waals surface area contributed by atoms with Crippen LogP contribution in [0.4, 0.5) is 0 Å². The van der Waals surface area contributed by atoms with Crippen molar-refractivity contribution < 1.29 is 14.3 Å². The molecule has 1 saturated heterocycles. The average Bonchev–Trinajstić information content (AvgIpc) is 2.46. The van der Waals surface area contributed by atoms with Crippen molar-refractivity contribution in [3.05, 3.63) is 33.7 Å². The van der Waals surface area contributed by atoms with E-state index in [1.54, 1.807) is 24.8 Å². The molecule has 1 aromatic heterocycles. The Morgan fingerprint density at radius 3 is 2.57 bits per heavy atom. The highest BCUT2D eigenvalue weighted by Gasteiger charge is 2.28. The van der Waals surface area contributed by atoms with E-state index in [-0.39, 0.29) is 23.4 Å². The van der Waals surface area contributed by atoms with E-state index in [1.165, 1.54) is 6.07 Å². The zero-order valence-electron chi connectivity index (χ0n) is 12.3. The molecular weight excluding hydrogens is 272 g/mol. The van der Waals surface area contributed by atoms with E-state index in [9.17, 15) is 14.4 Å². The van der Waals surface area contributed by atoms with Gasteiger partial charge in [0.1, 0.15) is 0 Å². The molecule has 0 aliphatic carbocycles. The second kappa shape index (κ2) is 6.56. The molecule has 0 saturated carbocycles. The lowest BCUT2D eigenvalue weighted by molar-refractivity contribution is -0.149. The van der Waals surface area contributed by atoms with E-state index in [4.69, 9.17) is 4.74 Å². The Hall–Kier alpha value is -2.11. The van der Waals surface area contributed by atoms with Crippen LogP contribution in [-0.2, 0) is 9.53 Å². The predicted molar refractivity (Wildman–Crippen MR) is 77.1 cm³/mol. The number of amides is 1. The molecule has 21 heavy (non-hydrogen) atoms. The molecule has 0 bridgehead atoms. The maximum absolute atomic E-state index is 12.4. The predicted octanol–water partition coefficient (Wildman–Crippen LogP) is 1.10. The largest absolute Gasteiger partial charge is 0.466 e. The third-order valence-corrected chi connectivity index (χ3v) is 3.63. The van der Waals surface area contributed by atoms with Crippen LogP contribution in [0.15, 0.2) is 16.9 Å². The van der Waals surface area contributed by atoms with Gasteiger partial charge in [-0.15, -0.1) is 0 Å². The number of aromatic nitrogens is 1. The standard InChI is InChI=1S/C15H20N2O4/c1-3-21-15(20)11-4-6-17(7-5-11)14(19)12-8-10(2)16-13(18)9-12/h8-9,11H,3-7H2,1-2H3,(H,16,18). The maximum Gasteiger partial charge on any atom is 0.309 e. The molecule has 0 radical (unpaired) electrons. The molecule has 1 aromatic rings. The highest BCUT2D eigenvalue weighted by molar-refractivity contribution is 5.94. The maximum atomic E-state index is 12.4.